The molecule has 0 radical (unpaired) electrons. The molecule has 1 fully saturated rings. The third-order valence-electron chi connectivity index (χ3n) is 3.16. The Bertz CT molecular complexity index is 520. The topological polar surface area (TPSA) is 53.9 Å². The molecule has 0 bridgehead atoms. The number of likely N-dealkylation sites (tertiary alicyclic amines) is 1. The molecule has 1 aromatic carbocycles. The number of benzene rings is 1. The maximum Gasteiger partial charge on any atom is 0.346 e. The van der Waals surface area contributed by atoms with Crippen LogP contribution in [0, 0.1) is 0 Å². The van der Waals surface area contributed by atoms with Crippen molar-refractivity contribution in [3.63, 3.8) is 0 Å². The van der Waals surface area contributed by atoms with E-state index in [2.05, 4.69) is 10.3 Å². The van der Waals surface area contributed by atoms with Gasteiger partial charge in [0.05, 0.1) is 7.11 Å². The highest BCUT2D eigenvalue weighted by Gasteiger charge is 2.14. The number of hydrogen-bond donors (Lipinski definition) is 1. The molecule has 5 nitrogen and oxygen atoms in total. The summed E-state index contributed by atoms with van der Waals surface area (Å²) in [6, 6.07) is 7.24. The van der Waals surface area contributed by atoms with Gasteiger partial charge in [-0.2, -0.15) is 4.99 Å². The number of urea groups is 1. The van der Waals surface area contributed by atoms with Crippen molar-refractivity contribution in [3.8, 4) is 5.75 Å². The minimum atomic E-state index is -0.335. The van der Waals surface area contributed by atoms with E-state index in [0.717, 1.165) is 36.5 Å². The van der Waals surface area contributed by atoms with Crippen LogP contribution in [-0.4, -0.2) is 37.5 Å². The normalized spacial score (nSPS) is 16.9. The Morgan fingerprint density at radius 3 is 2.75 bits per heavy atom. The fourth-order valence-electron chi connectivity index (χ4n) is 2.01. The average Bonchev–Trinajstić information content (AvgIpc) is 2.85. The summed E-state index contributed by atoms with van der Waals surface area (Å²) in [4.78, 5) is 17.7. The molecular weight excluding hydrogens is 254 g/mol. The molecular formula is C15H19N3O2. The van der Waals surface area contributed by atoms with Crippen molar-refractivity contribution in [2.45, 2.75) is 12.8 Å². The zero-order valence-corrected chi connectivity index (χ0v) is 11.8. The van der Waals surface area contributed by atoms with E-state index in [0.29, 0.717) is 0 Å². The van der Waals surface area contributed by atoms with E-state index in [1.807, 2.05) is 42.3 Å². The van der Waals surface area contributed by atoms with Gasteiger partial charge in [0.1, 0.15) is 11.6 Å². The number of hydrogen-bond acceptors (Lipinski definition) is 2. The number of nitrogens with zero attached hydrogens (tertiary/aromatic N) is 2. The SMILES string of the molecule is COc1ccc(C=CNC(=O)N=C2CCCN2C)cc1. The molecule has 0 aliphatic carbocycles. The molecule has 2 amide bonds. The van der Waals surface area contributed by atoms with E-state index in [4.69, 9.17) is 4.74 Å². The van der Waals surface area contributed by atoms with Crippen LogP contribution in [0.3, 0.4) is 0 Å². The fourth-order valence-corrected chi connectivity index (χ4v) is 2.01. The molecule has 1 aliphatic heterocycles. The van der Waals surface area contributed by atoms with Crippen LogP contribution >= 0.6 is 0 Å². The van der Waals surface area contributed by atoms with Gasteiger partial charge in [0.2, 0.25) is 0 Å². The lowest BCUT2D eigenvalue weighted by Gasteiger charge is -2.09. The highest BCUT2D eigenvalue weighted by Crippen LogP contribution is 2.12. The molecule has 1 aromatic rings. The molecule has 1 N–H and O–H groups in total. The van der Waals surface area contributed by atoms with Crippen molar-refractivity contribution in [1.29, 1.82) is 0 Å². The van der Waals surface area contributed by atoms with Crippen molar-refractivity contribution >= 4 is 17.9 Å². The maximum absolute atomic E-state index is 11.6. The van der Waals surface area contributed by atoms with Gasteiger partial charge >= 0.3 is 6.03 Å². The summed E-state index contributed by atoms with van der Waals surface area (Å²) in [5, 5.41) is 2.64. The number of amides is 2. The van der Waals surface area contributed by atoms with Gasteiger partial charge in [0, 0.05) is 26.2 Å². The molecule has 1 aliphatic rings. The smallest absolute Gasteiger partial charge is 0.346 e. The lowest BCUT2D eigenvalue weighted by atomic mass is 10.2. The highest BCUT2D eigenvalue weighted by molar-refractivity contribution is 5.94. The Morgan fingerprint density at radius 1 is 1.40 bits per heavy atom. The van der Waals surface area contributed by atoms with E-state index in [1.54, 1.807) is 13.3 Å². The van der Waals surface area contributed by atoms with Gasteiger partial charge in [-0.1, -0.05) is 12.1 Å². The lowest BCUT2D eigenvalue weighted by Crippen LogP contribution is -2.23. The van der Waals surface area contributed by atoms with Crippen LogP contribution in [0.1, 0.15) is 18.4 Å². The largest absolute Gasteiger partial charge is 0.497 e. The first-order valence-corrected chi connectivity index (χ1v) is 6.59. The van der Waals surface area contributed by atoms with Gasteiger partial charge in [0.25, 0.3) is 0 Å². The number of carbonyl (C=O) groups excluding carboxylic acids is 1. The molecule has 0 spiro atoms. The van der Waals surface area contributed by atoms with Crippen LogP contribution < -0.4 is 10.1 Å². The zero-order chi connectivity index (χ0) is 14.4. The minimum Gasteiger partial charge on any atom is -0.497 e. The number of aliphatic imine (C=N–C) groups is 1. The van der Waals surface area contributed by atoms with Gasteiger partial charge in [-0.05, 0) is 30.2 Å². The van der Waals surface area contributed by atoms with Crippen molar-refractivity contribution in [2.24, 2.45) is 4.99 Å². The summed E-state index contributed by atoms with van der Waals surface area (Å²) in [5.74, 6) is 1.65. The molecule has 0 unspecified atom stereocenters. The van der Waals surface area contributed by atoms with Crippen molar-refractivity contribution in [3.05, 3.63) is 36.0 Å². The Morgan fingerprint density at radius 2 is 2.15 bits per heavy atom. The fraction of sp³-hybridized carbons (Fsp3) is 0.333. The van der Waals surface area contributed by atoms with Gasteiger partial charge < -0.3 is 15.0 Å². The van der Waals surface area contributed by atoms with Crippen LogP contribution in [0.2, 0.25) is 0 Å². The number of ether oxygens (including phenoxy) is 1. The summed E-state index contributed by atoms with van der Waals surface area (Å²) in [7, 11) is 3.58. The first kappa shape index (κ1) is 14.1. The van der Waals surface area contributed by atoms with Crippen LogP contribution in [-0.2, 0) is 0 Å². The summed E-state index contributed by atoms with van der Waals surface area (Å²) in [5.41, 5.74) is 0.983. The second kappa shape index (κ2) is 6.75. The highest BCUT2D eigenvalue weighted by atomic mass is 16.5. The molecule has 1 saturated heterocycles. The number of methoxy groups -OCH3 is 1. The molecule has 5 heteroatoms. The summed E-state index contributed by atoms with van der Waals surface area (Å²) >= 11 is 0. The first-order chi connectivity index (χ1) is 9.69. The number of nitrogens with one attached hydrogen (secondary N) is 1. The summed E-state index contributed by atoms with van der Waals surface area (Å²) < 4.78 is 5.08. The number of rotatable bonds is 3. The third-order valence-corrected chi connectivity index (χ3v) is 3.16. The second-order valence-corrected chi connectivity index (χ2v) is 4.61. The van der Waals surface area contributed by atoms with E-state index in [9.17, 15) is 4.79 Å². The molecule has 1 heterocycles. The molecule has 106 valence electrons. The molecule has 2 rings (SSSR count). The molecule has 20 heavy (non-hydrogen) atoms. The standard InChI is InChI=1S/C15H19N3O2/c1-18-11-3-4-14(18)17-15(19)16-10-9-12-5-7-13(20-2)8-6-12/h5-10H,3-4,11H2,1-2H3,(H,16,19). The van der Waals surface area contributed by atoms with Crippen molar-refractivity contribution < 1.29 is 9.53 Å². The monoisotopic (exact) mass is 273 g/mol. The average molecular weight is 273 g/mol. The summed E-state index contributed by atoms with van der Waals surface area (Å²) in [6.07, 6.45) is 5.34. The molecule has 0 atom stereocenters. The van der Waals surface area contributed by atoms with E-state index in [1.165, 1.54) is 0 Å². The van der Waals surface area contributed by atoms with Gasteiger partial charge in [0.15, 0.2) is 0 Å². The molecule has 0 aromatic heterocycles. The van der Waals surface area contributed by atoms with Crippen molar-refractivity contribution in [2.75, 3.05) is 20.7 Å². The van der Waals surface area contributed by atoms with Crippen molar-refractivity contribution in [1.82, 2.24) is 10.2 Å². The van der Waals surface area contributed by atoms with Crippen LogP contribution in [0.15, 0.2) is 35.5 Å². The Labute approximate surface area is 119 Å². The number of amidine groups is 1. The minimum absolute atomic E-state index is 0.335. The van der Waals surface area contributed by atoms with Crippen LogP contribution in [0.4, 0.5) is 4.79 Å². The predicted molar refractivity (Wildman–Crippen MR) is 79.9 cm³/mol. The van der Waals surface area contributed by atoms with E-state index in [-0.39, 0.29) is 6.03 Å². The van der Waals surface area contributed by atoms with Crippen LogP contribution in [0.5, 0.6) is 5.75 Å². The first-order valence-electron chi connectivity index (χ1n) is 6.59. The van der Waals surface area contributed by atoms with Gasteiger partial charge in [-0.25, -0.2) is 4.79 Å². The Hall–Kier alpha value is -2.30. The second-order valence-electron chi connectivity index (χ2n) is 4.61. The predicted octanol–water partition coefficient (Wildman–Crippen LogP) is 2.50. The van der Waals surface area contributed by atoms with E-state index >= 15 is 0 Å². The van der Waals surface area contributed by atoms with E-state index < -0.39 is 0 Å². The number of carbonyl (C=O) groups is 1. The van der Waals surface area contributed by atoms with Crippen LogP contribution in [0.25, 0.3) is 6.08 Å². The molecule has 0 saturated carbocycles. The maximum atomic E-state index is 11.6. The van der Waals surface area contributed by atoms with Gasteiger partial charge in [-0.15, -0.1) is 0 Å². The third kappa shape index (κ3) is 3.85. The Balaban J connectivity index is 1.87. The Kier molecular flexibility index (Phi) is 4.76. The zero-order valence-electron chi connectivity index (χ0n) is 11.8. The van der Waals surface area contributed by atoms with Gasteiger partial charge in [-0.3, -0.25) is 0 Å². The lowest BCUT2D eigenvalue weighted by molar-refractivity contribution is 0.252. The quantitative estimate of drug-likeness (QED) is 0.920. The summed E-state index contributed by atoms with van der Waals surface area (Å²) in [6.45, 7) is 0.966.